The highest BCUT2D eigenvalue weighted by Gasteiger charge is 2.06. The quantitative estimate of drug-likeness (QED) is 0.669. The van der Waals surface area contributed by atoms with Crippen LogP contribution in [0.1, 0.15) is 46.0 Å². The van der Waals surface area contributed by atoms with Gasteiger partial charge in [-0.2, -0.15) is 0 Å². The lowest BCUT2D eigenvalue weighted by Gasteiger charge is -2.16. The topological polar surface area (TPSA) is 12.0 Å². The Morgan fingerprint density at radius 1 is 1.29 bits per heavy atom. The minimum Gasteiger partial charge on any atom is -0.382 e. The molecule has 0 aromatic heterocycles. The van der Waals surface area contributed by atoms with Crippen molar-refractivity contribution in [3.05, 3.63) is 28.5 Å². The third-order valence-corrected chi connectivity index (χ3v) is 3.51. The molecule has 17 heavy (non-hydrogen) atoms. The number of benzene rings is 1. The molecule has 96 valence electrons. The lowest BCUT2D eigenvalue weighted by molar-refractivity contribution is 0.592. The van der Waals surface area contributed by atoms with Gasteiger partial charge in [0.1, 0.15) is 5.82 Å². The van der Waals surface area contributed by atoms with E-state index in [2.05, 4.69) is 35.1 Å². The van der Waals surface area contributed by atoms with E-state index in [9.17, 15) is 4.39 Å². The second kappa shape index (κ2) is 7.70. The van der Waals surface area contributed by atoms with E-state index in [0.29, 0.717) is 6.04 Å². The zero-order chi connectivity index (χ0) is 12.7. The first-order chi connectivity index (χ1) is 8.13. The molecule has 0 radical (unpaired) electrons. The Kier molecular flexibility index (Phi) is 6.56. The summed E-state index contributed by atoms with van der Waals surface area (Å²) in [7, 11) is 0. The molecular weight excluding hydrogens is 281 g/mol. The van der Waals surface area contributed by atoms with Crippen molar-refractivity contribution in [1.82, 2.24) is 0 Å². The molecule has 3 heteroatoms. The fourth-order valence-corrected chi connectivity index (χ4v) is 2.18. The summed E-state index contributed by atoms with van der Waals surface area (Å²) in [6.07, 6.45) is 6.21. The average molecular weight is 302 g/mol. The third kappa shape index (κ3) is 5.53. The van der Waals surface area contributed by atoms with E-state index in [1.807, 2.05) is 0 Å². The predicted octanol–water partition coefficient (Wildman–Crippen LogP) is 5.36. The summed E-state index contributed by atoms with van der Waals surface area (Å²) < 4.78 is 14.0. The Labute approximate surface area is 112 Å². The van der Waals surface area contributed by atoms with Crippen LogP contribution in [0.4, 0.5) is 10.1 Å². The molecule has 0 saturated heterocycles. The molecule has 0 aliphatic heterocycles. The van der Waals surface area contributed by atoms with Crippen LogP contribution in [0.2, 0.25) is 0 Å². The number of anilines is 1. The van der Waals surface area contributed by atoms with E-state index in [1.165, 1.54) is 37.8 Å². The van der Waals surface area contributed by atoms with Crippen molar-refractivity contribution in [3.8, 4) is 0 Å². The van der Waals surface area contributed by atoms with E-state index in [1.54, 1.807) is 6.07 Å². The normalized spacial score (nSPS) is 12.5. The SMILES string of the molecule is CCCCCCC(C)Nc1cc(F)ccc1Br. The fourth-order valence-electron chi connectivity index (χ4n) is 1.82. The Bertz CT molecular complexity index is 341. The van der Waals surface area contributed by atoms with Crippen LogP contribution in [0, 0.1) is 5.82 Å². The summed E-state index contributed by atoms with van der Waals surface area (Å²) in [5.74, 6) is -0.200. The van der Waals surface area contributed by atoms with E-state index >= 15 is 0 Å². The van der Waals surface area contributed by atoms with Gasteiger partial charge in [-0.3, -0.25) is 0 Å². The van der Waals surface area contributed by atoms with Gasteiger partial charge in [-0.25, -0.2) is 4.39 Å². The Morgan fingerprint density at radius 3 is 2.76 bits per heavy atom. The first-order valence-electron chi connectivity index (χ1n) is 6.35. The first-order valence-corrected chi connectivity index (χ1v) is 7.14. The highest BCUT2D eigenvalue weighted by molar-refractivity contribution is 9.10. The van der Waals surface area contributed by atoms with Gasteiger partial charge in [0.05, 0.1) is 5.69 Å². The number of rotatable bonds is 7. The molecule has 1 rings (SSSR count). The molecule has 0 amide bonds. The van der Waals surface area contributed by atoms with E-state index < -0.39 is 0 Å². The zero-order valence-corrected chi connectivity index (χ0v) is 12.2. The van der Waals surface area contributed by atoms with Crippen LogP contribution in [0.25, 0.3) is 0 Å². The lowest BCUT2D eigenvalue weighted by Crippen LogP contribution is -2.15. The Balaban J connectivity index is 2.39. The zero-order valence-electron chi connectivity index (χ0n) is 10.6. The summed E-state index contributed by atoms with van der Waals surface area (Å²) in [4.78, 5) is 0. The molecule has 1 atom stereocenters. The molecule has 0 aliphatic rings. The van der Waals surface area contributed by atoms with Gasteiger partial charge in [0.25, 0.3) is 0 Å². The highest BCUT2D eigenvalue weighted by Crippen LogP contribution is 2.24. The fraction of sp³-hybridized carbons (Fsp3) is 0.571. The summed E-state index contributed by atoms with van der Waals surface area (Å²) in [6.45, 7) is 4.36. The standard InChI is InChI=1S/C14H21BrFN/c1-3-4-5-6-7-11(2)17-14-10-12(16)8-9-13(14)15/h8-11,17H,3-7H2,1-2H3. The molecule has 0 spiro atoms. The van der Waals surface area contributed by atoms with E-state index in [-0.39, 0.29) is 5.82 Å². The van der Waals surface area contributed by atoms with Crippen molar-refractivity contribution in [2.24, 2.45) is 0 Å². The second-order valence-electron chi connectivity index (χ2n) is 4.52. The van der Waals surface area contributed by atoms with Crippen LogP contribution in [0.3, 0.4) is 0 Å². The number of nitrogens with one attached hydrogen (secondary N) is 1. The molecular formula is C14H21BrFN. The van der Waals surface area contributed by atoms with Crippen LogP contribution in [-0.2, 0) is 0 Å². The van der Waals surface area contributed by atoms with Crippen LogP contribution in [-0.4, -0.2) is 6.04 Å². The summed E-state index contributed by atoms with van der Waals surface area (Å²) in [5, 5.41) is 3.34. The first kappa shape index (κ1) is 14.5. The molecule has 0 bridgehead atoms. The minimum absolute atomic E-state index is 0.200. The molecule has 0 heterocycles. The van der Waals surface area contributed by atoms with Crippen molar-refractivity contribution in [1.29, 1.82) is 0 Å². The van der Waals surface area contributed by atoms with Crippen molar-refractivity contribution < 1.29 is 4.39 Å². The minimum atomic E-state index is -0.200. The van der Waals surface area contributed by atoms with Gasteiger partial charge in [-0.05, 0) is 47.5 Å². The highest BCUT2D eigenvalue weighted by atomic mass is 79.9. The maximum atomic E-state index is 13.1. The summed E-state index contributed by atoms with van der Waals surface area (Å²) in [6, 6.07) is 5.11. The van der Waals surface area contributed by atoms with Crippen LogP contribution in [0.15, 0.2) is 22.7 Å². The second-order valence-corrected chi connectivity index (χ2v) is 5.37. The Morgan fingerprint density at radius 2 is 2.06 bits per heavy atom. The van der Waals surface area contributed by atoms with Crippen LogP contribution >= 0.6 is 15.9 Å². The van der Waals surface area contributed by atoms with Crippen LogP contribution in [0.5, 0.6) is 0 Å². The van der Waals surface area contributed by atoms with Gasteiger partial charge in [0.2, 0.25) is 0 Å². The van der Waals surface area contributed by atoms with Gasteiger partial charge in [-0.1, -0.05) is 32.6 Å². The monoisotopic (exact) mass is 301 g/mol. The predicted molar refractivity (Wildman–Crippen MR) is 75.9 cm³/mol. The molecule has 1 unspecified atom stereocenters. The number of halogens is 2. The number of hydrogen-bond acceptors (Lipinski definition) is 1. The largest absolute Gasteiger partial charge is 0.382 e. The van der Waals surface area contributed by atoms with E-state index in [0.717, 1.165) is 16.6 Å². The van der Waals surface area contributed by atoms with E-state index in [4.69, 9.17) is 0 Å². The Hall–Kier alpha value is -0.570. The van der Waals surface area contributed by atoms with Gasteiger partial charge in [0, 0.05) is 10.5 Å². The number of unbranched alkanes of at least 4 members (excludes halogenated alkanes) is 3. The molecule has 1 aromatic carbocycles. The number of hydrogen-bond donors (Lipinski definition) is 1. The maximum absolute atomic E-state index is 13.1. The molecule has 0 aliphatic carbocycles. The van der Waals surface area contributed by atoms with Gasteiger partial charge >= 0.3 is 0 Å². The summed E-state index contributed by atoms with van der Waals surface area (Å²) in [5.41, 5.74) is 0.841. The maximum Gasteiger partial charge on any atom is 0.125 e. The molecule has 0 saturated carbocycles. The van der Waals surface area contributed by atoms with Gasteiger partial charge in [0.15, 0.2) is 0 Å². The van der Waals surface area contributed by atoms with Gasteiger partial charge < -0.3 is 5.32 Å². The smallest absolute Gasteiger partial charge is 0.125 e. The van der Waals surface area contributed by atoms with Gasteiger partial charge in [-0.15, -0.1) is 0 Å². The average Bonchev–Trinajstić information content (AvgIpc) is 2.29. The van der Waals surface area contributed by atoms with Crippen molar-refractivity contribution in [2.45, 2.75) is 52.0 Å². The van der Waals surface area contributed by atoms with Crippen LogP contribution < -0.4 is 5.32 Å². The molecule has 1 nitrogen and oxygen atoms in total. The van der Waals surface area contributed by atoms with Crippen molar-refractivity contribution in [3.63, 3.8) is 0 Å². The molecule has 1 aromatic rings. The molecule has 1 N–H and O–H groups in total. The summed E-state index contributed by atoms with van der Waals surface area (Å²) >= 11 is 3.42. The van der Waals surface area contributed by atoms with Crippen molar-refractivity contribution >= 4 is 21.6 Å². The third-order valence-electron chi connectivity index (χ3n) is 2.82. The lowest BCUT2D eigenvalue weighted by atomic mass is 10.1. The molecule has 0 fully saturated rings. The van der Waals surface area contributed by atoms with Crippen molar-refractivity contribution in [2.75, 3.05) is 5.32 Å².